The van der Waals surface area contributed by atoms with Crippen molar-refractivity contribution in [1.82, 2.24) is 29.0 Å². The molecule has 0 radical (unpaired) electrons. The van der Waals surface area contributed by atoms with Crippen LogP contribution >= 0.6 is 0 Å². The molecule has 2 bridgehead atoms. The van der Waals surface area contributed by atoms with Crippen LogP contribution in [0.2, 0.25) is 0 Å². The lowest BCUT2D eigenvalue weighted by Crippen LogP contribution is -2.44. The minimum absolute atomic E-state index is 0.0430. The number of benzene rings is 1. The summed E-state index contributed by atoms with van der Waals surface area (Å²) < 4.78 is 4.96. The summed E-state index contributed by atoms with van der Waals surface area (Å²) in [6, 6.07) is 11.8. The quantitative estimate of drug-likeness (QED) is 0.676. The van der Waals surface area contributed by atoms with E-state index in [-0.39, 0.29) is 30.2 Å². The molecule has 144 valence electrons. The van der Waals surface area contributed by atoms with Crippen molar-refractivity contribution in [3.8, 4) is 0 Å². The van der Waals surface area contributed by atoms with Gasteiger partial charge in [0.15, 0.2) is 0 Å². The summed E-state index contributed by atoms with van der Waals surface area (Å²) in [7, 11) is 0. The second-order valence-corrected chi connectivity index (χ2v) is 7.55. The number of nitrogens with zero attached hydrogens (tertiary/aromatic N) is 6. The molecule has 8 heteroatoms. The Kier molecular flexibility index (Phi) is 4.11. The summed E-state index contributed by atoms with van der Waals surface area (Å²) in [6.45, 7) is 1.22. The summed E-state index contributed by atoms with van der Waals surface area (Å²) in [5.74, 6) is 0.844. The lowest BCUT2D eigenvalue weighted by molar-refractivity contribution is -0.135. The van der Waals surface area contributed by atoms with Crippen LogP contribution in [0.4, 0.5) is 0 Å². The molecule has 8 nitrogen and oxygen atoms in total. The van der Waals surface area contributed by atoms with E-state index in [1.165, 1.54) is 0 Å². The molecule has 2 aromatic heterocycles. The third-order valence-electron chi connectivity index (χ3n) is 5.75. The Hall–Kier alpha value is -3.16. The Bertz CT molecular complexity index is 1040. The van der Waals surface area contributed by atoms with Crippen molar-refractivity contribution in [2.75, 3.05) is 0 Å². The normalized spacial score (nSPS) is 20.8. The van der Waals surface area contributed by atoms with E-state index < -0.39 is 0 Å². The van der Waals surface area contributed by atoms with Gasteiger partial charge in [-0.25, -0.2) is 9.48 Å². The van der Waals surface area contributed by atoms with E-state index in [0.717, 1.165) is 24.2 Å². The van der Waals surface area contributed by atoms with E-state index in [9.17, 15) is 9.59 Å². The molecular formula is C20H22N6O2. The molecule has 1 fully saturated rings. The van der Waals surface area contributed by atoms with Gasteiger partial charge in [-0.15, -0.1) is 0 Å². The molecule has 0 spiro atoms. The molecule has 5 rings (SSSR count). The molecule has 2 unspecified atom stereocenters. The van der Waals surface area contributed by atoms with Crippen LogP contribution in [0.25, 0.3) is 0 Å². The fraction of sp³-hybridized carbons (Fsp3) is 0.400. The van der Waals surface area contributed by atoms with Gasteiger partial charge >= 0.3 is 5.69 Å². The maximum absolute atomic E-state index is 12.9. The predicted molar refractivity (Wildman–Crippen MR) is 102 cm³/mol. The van der Waals surface area contributed by atoms with E-state index in [1.807, 2.05) is 41.3 Å². The summed E-state index contributed by atoms with van der Waals surface area (Å²) in [4.78, 5) is 27.8. The Balaban J connectivity index is 1.39. The predicted octanol–water partition coefficient (Wildman–Crippen LogP) is 0.905. The second-order valence-electron chi connectivity index (χ2n) is 7.55. The second kappa shape index (κ2) is 6.78. The van der Waals surface area contributed by atoms with Gasteiger partial charge in [0, 0.05) is 31.4 Å². The van der Waals surface area contributed by atoms with E-state index in [1.54, 1.807) is 26.3 Å². The molecule has 0 saturated carbocycles. The number of rotatable bonds is 4. The van der Waals surface area contributed by atoms with Crippen LogP contribution in [-0.2, 0) is 30.8 Å². The zero-order valence-electron chi connectivity index (χ0n) is 15.5. The van der Waals surface area contributed by atoms with Crippen LogP contribution in [0.5, 0.6) is 0 Å². The summed E-state index contributed by atoms with van der Waals surface area (Å²) in [5.41, 5.74) is 0.961. The summed E-state index contributed by atoms with van der Waals surface area (Å²) in [5, 5.41) is 8.74. The monoisotopic (exact) mass is 378 g/mol. The molecule has 3 aromatic rings. The van der Waals surface area contributed by atoms with Gasteiger partial charge in [0.1, 0.15) is 12.4 Å². The maximum atomic E-state index is 12.9. The number of carbonyl (C=O) groups excluding carboxylic acids is 1. The van der Waals surface area contributed by atoms with E-state index in [0.29, 0.717) is 19.5 Å². The van der Waals surface area contributed by atoms with E-state index >= 15 is 0 Å². The molecule has 0 aliphatic carbocycles. The van der Waals surface area contributed by atoms with Crippen molar-refractivity contribution in [2.24, 2.45) is 0 Å². The number of hydrogen-bond acceptors (Lipinski definition) is 4. The van der Waals surface area contributed by atoms with Crippen LogP contribution in [-0.4, -0.2) is 47.0 Å². The van der Waals surface area contributed by atoms with Gasteiger partial charge in [0.25, 0.3) is 0 Å². The van der Waals surface area contributed by atoms with E-state index in [2.05, 4.69) is 10.2 Å². The fourth-order valence-electron chi connectivity index (χ4n) is 4.46. The third kappa shape index (κ3) is 2.94. The third-order valence-corrected chi connectivity index (χ3v) is 5.75. The molecule has 1 amide bonds. The summed E-state index contributed by atoms with van der Waals surface area (Å²) in [6.07, 6.45) is 5.97. The molecule has 2 atom stereocenters. The van der Waals surface area contributed by atoms with Crippen LogP contribution in [0.3, 0.4) is 0 Å². The van der Waals surface area contributed by atoms with Crippen LogP contribution in [0, 0.1) is 0 Å². The van der Waals surface area contributed by atoms with Gasteiger partial charge in [0.05, 0.1) is 12.6 Å². The Morgan fingerprint density at radius 1 is 1.11 bits per heavy atom. The van der Waals surface area contributed by atoms with Crippen molar-refractivity contribution < 1.29 is 4.79 Å². The van der Waals surface area contributed by atoms with Gasteiger partial charge in [-0.05, 0) is 24.5 Å². The number of fused-ring (bicyclic) bond motifs is 3. The first-order valence-corrected chi connectivity index (χ1v) is 9.68. The molecule has 28 heavy (non-hydrogen) atoms. The SMILES string of the molecule is O=C(Cn1cccn1)N1C2CCC1Cn1c(nn(Cc3ccccc3)c1=O)C2. The first-order valence-electron chi connectivity index (χ1n) is 9.68. The van der Waals surface area contributed by atoms with E-state index in [4.69, 9.17) is 0 Å². The first-order chi connectivity index (χ1) is 13.7. The molecule has 1 saturated heterocycles. The molecule has 4 heterocycles. The zero-order chi connectivity index (χ0) is 19.1. The topological polar surface area (TPSA) is 78.0 Å². The number of hydrogen-bond donors (Lipinski definition) is 0. The fourth-order valence-corrected chi connectivity index (χ4v) is 4.46. The summed E-state index contributed by atoms with van der Waals surface area (Å²) >= 11 is 0. The number of carbonyl (C=O) groups is 1. The minimum Gasteiger partial charge on any atom is -0.333 e. The van der Waals surface area contributed by atoms with Gasteiger partial charge in [-0.1, -0.05) is 30.3 Å². The average molecular weight is 378 g/mol. The van der Waals surface area contributed by atoms with Crippen molar-refractivity contribution in [3.63, 3.8) is 0 Å². The smallest absolute Gasteiger partial charge is 0.333 e. The van der Waals surface area contributed by atoms with Crippen LogP contribution in [0.1, 0.15) is 24.2 Å². The average Bonchev–Trinajstić information content (AvgIpc) is 3.37. The van der Waals surface area contributed by atoms with Gasteiger partial charge in [0.2, 0.25) is 5.91 Å². The lowest BCUT2D eigenvalue weighted by Gasteiger charge is -2.27. The highest BCUT2D eigenvalue weighted by atomic mass is 16.2. The van der Waals surface area contributed by atoms with Crippen LogP contribution in [0.15, 0.2) is 53.6 Å². The lowest BCUT2D eigenvalue weighted by atomic mass is 10.1. The number of amides is 1. The first kappa shape index (κ1) is 17.0. The molecule has 1 aromatic carbocycles. The standard InChI is InChI=1S/C20H22N6O2/c27-19(14-23-10-4-9-21-23)26-16-7-8-17(26)13-24-18(11-16)22-25(20(24)28)12-15-5-2-1-3-6-15/h1-6,9-10,16-17H,7-8,11-14H2. The molecule has 0 N–H and O–H groups in total. The highest BCUT2D eigenvalue weighted by Crippen LogP contribution is 2.30. The highest BCUT2D eigenvalue weighted by molar-refractivity contribution is 5.77. The minimum atomic E-state index is -0.0918. The molecular weight excluding hydrogens is 356 g/mol. The molecule has 2 aliphatic rings. The van der Waals surface area contributed by atoms with Gasteiger partial charge in [-0.2, -0.15) is 10.2 Å². The van der Waals surface area contributed by atoms with Gasteiger partial charge < -0.3 is 4.90 Å². The largest absolute Gasteiger partial charge is 0.346 e. The van der Waals surface area contributed by atoms with Crippen molar-refractivity contribution in [2.45, 2.75) is 51.0 Å². The van der Waals surface area contributed by atoms with Crippen LogP contribution < -0.4 is 5.69 Å². The Labute approximate surface area is 162 Å². The number of aromatic nitrogens is 5. The Morgan fingerprint density at radius 2 is 1.93 bits per heavy atom. The maximum Gasteiger partial charge on any atom is 0.346 e. The highest BCUT2D eigenvalue weighted by Gasteiger charge is 2.41. The van der Waals surface area contributed by atoms with Crippen molar-refractivity contribution in [3.05, 3.63) is 70.7 Å². The Morgan fingerprint density at radius 3 is 2.71 bits per heavy atom. The van der Waals surface area contributed by atoms with Crippen molar-refractivity contribution >= 4 is 5.91 Å². The van der Waals surface area contributed by atoms with Crippen molar-refractivity contribution in [1.29, 1.82) is 0 Å². The zero-order valence-corrected chi connectivity index (χ0v) is 15.5. The molecule has 2 aliphatic heterocycles. The van der Waals surface area contributed by atoms with Gasteiger partial charge in [-0.3, -0.25) is 14.0 Å².